The van der Waals surface area contributed by atoms with E-state index in [2.05, 4.69) is 41.8 Å². The highest BCUT2D eigenvalue weighted by atomic mass is 16.2. The molecule has 0 N–H and O–H groups in total. The molecule has 1 saturated heterocycles. The van der Waals surface area contributed by atoms with E-state index >= 15 is 0 Å². The van der Waals surface area contributed by atoms with Gasteiger partial charge in [0.25, 0.3) is 5.91 Å². The van der Waals surface area contributed by atoms with Crippen LogP contribution < -0.4 is 0 Å². The van der Waals surface area contributed by atoms with Crippen LogP contribution in [0.25, 0.3) is 11.8 Å². The van der Waals surface area contributed by atoms with Gasteiger partial charge in [0.1, 0.15) is 11.6 Å². The summed E-state index contributed by atoms with van der Waals surface area (Å²) in [6.07, 6.45) is 2.95. The Hall–Kier alpha value is -3.33. The Morgan fingerprint density at radius 3 is 2.27 bits per heavy atom. The third-order valence-electron chi connectivity index (χ3n) is 6.67. The Morgan fingerprint density at radius 1 is 1.12 bits per heavy atom. The normalized spacial score (nSPS) is 15.0. The number of aromatic nitrogens is 1. The molecule has 3 rings (SSSR count). The molecule has 0 aliphatic carbocycles. The number of aryl methyl sites for hydroxylation is 2. The second-order valence-corrected chi connectivity index (χ2v) is 9.28. The first kappa shape index (κ1) is 24.3. The van der Waals surface area contributed by atoms with Crippen molar-refractivity contribution < 1.29 is 9.59 Å². The Bertz CT molecular complexity index is 1090. The lowest BCUT2D eigenvalue weighted by Crippen LogP contribution is -2.45. The summed E-state index contributed by atoms with van der Waals surface area (Å²) in [5, 5.41) is 9.74. The fraction of sp³-hybridized carbons (Fsp3) is 0.444. The van der Waals surface area contributed by atoms with Gasteiger partial charge in [-0.05, 0) is 77.3 Å². The molecule has 1 aliphatic rings. The van der Waals surface area contributed by atoms with Crippen LogP contribution in [0.15, 0.2) is 35.9 Å². The molecule has 1 aromatic carbocycles. The largest absolute Gasteiger partial charge is 0.343 e. The maximum absolute atomic E-state index is 13.1. The van der Waals surface area contributed by atoms with Gasteiger partial charge in [-0.3, -0.25) is 9.59 Å². The molecule has 1 fully saturated rings. The molecule has 0 spiro atoms. The highest BCUT2D eigenvalue weighted by Gasteiger charge is 2.31. The summed E-state index contributed by atoms with van der Waals surface area (Å²) < 4.78 is 2.13. The highest BCUT2D eigenvalue weighted by molar-refractivity contribution is 6.02. The van der Waals surface area contributed by atoms with Crippen LogP contribution in [0.3, 0.4) is 0 Å². The van der Waals surface area contributed by atoms with Gasteiger partial charge in [0, 0.05) is 49.2 Å². The van der Waals surface area contributed by atoms with Gasteiger partial charge in [-0.15, -0.1) is 0 Å². The summed E-state index contributed by atoms with van der Waals surface area (Å²) in [6, 6.07) is 12.5. The van der Waals surface area contributed by atoms with Gasteiger partial charge in [0.15, 0.2) is 0 Å². The number of nitrogens with zero attached hydrogens (tertiary/aromatic N) is 4. The number of nitriles is 1. The van der Waals surface area contributed by atoms with E-state index in [9.17, 15) is 14.9 Å². The minimum Gasteiger partial charge on any atom is -0.343 e. The van der Waals surface area contributed by atoms with Gasteiger partial charge in [0.05, 0.1) is 0 Å². The molecule has 0 radical (unpaired) electrons. The number of rotatable bonds is 5. The van der Waals surface area contributed by atoms with Crippen LogP contribution in [0.4, 0.5) is 0 Å². The summed E-state index contributed by atoms with van der Waals surface area (Å²) in [5.41, 5.74) is 5.27. The van der Waals surface area contributed by atoms with E-state index < -0.39 is 0 Å². The average molecular weight is 447 g/mol. The number of likely N-dealkylation sites (tertiary alicyclic amines) is 1. The Morgan fingerprint density at radius 2 is 1.73 bits per heavy atom. The zero-order valence-electron chi connectivity index (χ0n) is 20.6. The predicted octanol–water partition coefficient (Wildman–Crippen LogP) is 4.41. The number of hydrogen-bond acceptors (Lipinski definition) is 3. The number of benzene rings is 1. The number of piperidine rings is 1. The predicted molar refractivity (Wildman–Crippen MR) is 131 cm³/mol. The number of carbonyl (C=O) groups excluding carboxylic acids is 2. The Kier molecular flexibility index (Phi) is 7.43. The van der Waals surface area contributed by atoms with Crippen LogP contribution in [0.2, 0.25) is 0 Å². The van der Waals surface area contributed by atoms with Crippen molar-refractivity contribution in [3.63, 3.8) is 0 Å². The maximum Gasteiger partial charge on any atom is 0.264 e. The van der Waals surface area contributed by atoms with Gasteiger partial charge in [-0.25, -0.2) is 0 Å². The highest BCUT2D eigenvalue weighted by Crippen LogP contribution is 2.25. The van der Waals surface area contributed by atoms with Crippen molar-refractivity contribution in [3.8, 4) is 11.8 Å². The molecule has 2 amide bonds. The molecule has 6 nitrogen and oxygen atoms in total. The monoisotopic (exact) mass is 446 g/mol. The number of amides is 2. The van der Waals surface area contributed by atoms with Crippen molar-refractivity contribution in [2.24, 2.45) is 5.92 Å². The van der Waals surface area contributed by atoms with Gasteiger partial charge in [-0.2, -0.15) is 5.26 Å². The van der Waals surface area contributed by atoms with Crippen LogP contribution in [-0.2, 0) is 9.59 Å². The number of carbonyl (C=O) groups is 2. The lowest BCUT2D eigenvalue weighted by Gasteiger charge is -2.34. The zero-order chi connectivity index (χ0) is 24.3. The van der Waals surface area contributed by atoms with Gasteiger partial charge in [-0.1, -0.05) is 17.7 Å². The Balaban J connectivity index is 1.76. The molecule has 6 heteroatoms. The Labute approximate surface area is 197 Å². The summed E-state index contributed by atoms with van der Waals surface area (Å²) in [6.45, 7) is 11.0. The summed E-state index contributed by atoms with van der Waals surface area (Å²) >= 11 is 0. The fourth-order valence-electron chi connectivity index (χ4n) is 4.36. The van der Waals surface area contributed by atoms with Crippen LogP contribution in [-0.4, -0.2) is 52.4 Å². The van der Waals surface area contributed by atoms with Crippen LogP contribution in [0.1, 0.15) is 49.2 Å². The third-order valence-corrected chi connectivity index (χ3v) is 6.67. The van der Waals surface area contributed by atoms with Crippen molar-refractivity contribution in [3.05, 3.63) is 58.4 Å². The molecule has 0 unspecified atom stereocenters. The molecule has 0 bridgehead atoms. The second-order valence-electron chi connectivity index (χ2n) is 9.28. The SMILES string of the molecule is Cc1ccc(-n2c(C)cc(/C=C(\C#N)C(=O)N3CCC(C(=O)N(C)C(C)C)CC3)c2C)cc1. The van der Waals surface area contributed by atoms with Crippen molar-refractivity contribution in [1.29, 1.82) is 5.26 Å². The van der Waals surface area contributed by atoms with E-state index in [0.29, 0.717) is 25.9 Å². The van der Waals surface area contributed by atoms with Crippen molar-refractivity contribution in [2.75, 3.05) is 20.1 Å². The first-order valence-electron chi connectivity index (χ1n) is 11.6. The first-order valence-corrected chi connectivity index (χ1v) is 11.6. The van der Waals surface area contributed by atoms with E-state index in [1.54, 1.807) is 15.9 Å². The van der Waals surface area contributed by atoms with Crippen molar-refractivity contribution in [1.82, 2.24) is 14.4 Å². The lowest BCUT2D eigenvalue weighted by atomic mass is 9.94. The molecular formula is C27H34N4O2. The van der Waals surface area contributed by atoms with Gasteiger partial charge in [0.2, 0.25) is 5.91 Å². The van der Waals surface area contributed by atoms with E-state index in [1.165, 1.54) is 5.56 Å². The summed E-state index contributed by atoms with van der Waals surface area (Å²) in [7, 11) is 1.83. The molecule has 0 saturated carbocycles. The molecule has 2 heterocycles. The number of hydrogen-bond donors (Lipinski definition) is 0. The lowest BCUT2D eigenvalue weighted by molar-refractivity contribution is -0.139. The molecule has 174 valence electrons. The van der Waals surface area contributed by atoms with E-state index in [-0.39, 0.29) is 29.3 Å². The van der Waals surface area contributed by atoms with E-state index in [0.717, 1.165) is 22.6 Å². The first-order chi connectivity index (χ1) is 15.6. The minimum atomic E-state index is -0.263. The molecule has 0 atom stereocenters. The standard InChI is InChI=1S/C27H34N4O2/c1-18(2)29(6)26(32)22-11-13-30(14-12-22)27(33)24(17-28)16-23-15-20(4)31(21(23)5)25-9-7-19(3)8-10-25/h7-10,15-16,18,22H,11-14H2,1-6H3/b24-16+. The topological polar surface area (TPSA) is 69.3 Å². The smallest absolute Gasteiger partial charge is 0.264 e. The second kappa shape index (κ2) is 10.1. The van der Waals surface area contributed by atoms with E-state index in [4.69, 9.17) is 0 Å². The van der Waals surface area contributed by atoms with Gasteiger partial charge < -0.3 is 14.4 Å². The van der Waals surface area contributed by atoms with Crippen LogP contribution >= 0.6 is 0 Å². The van der Waals surface area contributed by atoms with Crippen molar-refractivity contribution in [2.45, 2.75) is 53.5 Å². The fourth-order valence-corrected chi connectivity index (χ4v) is 4.36. The van der Waals surface area contributed by atoms with Crippen LogP contribution in [0, 0.1) is 38.0 Å². The van der Waals surface area contributed by atoms with Crippen LogP contribution in [0.5, 0.6) is 0 Å². The minimum absolute atomic E-state index is 0.0654. The van der Waals surface area contributed by atoms with Crippen molar-refractivity contribution >= 4 is 17.9 Å². The molecule has 33 heavy (non-hydrogen) atoms. The summed E-state index contributed by atoms with van der Waals surface area (Å²) in [5.74, 6) is -0.193. The average Bonchev–Trinajstić information content (AvgIpc) is 3.09. The maximum atomic E-state index is 13.1. The molecule has 1 aliphatic heterocycles. The zero-order valence-corrected chi connectivity index (χ0v) is 20.6. The molecule has 2 aromatic rings. The molecular weight excluding hydrogens is 412 g/mol. The molecule has 1 aromatic heterocycles. The van der Waals surface area contributed by atoms with Gasteiger partial charge >= 0.3 is 0 Å². The quantitative estimate of drug-likeness (QED) is 0.504. The summed E-state index contributed by atoms with van der Waals surface area (Å²) in [4.78, 5) is 29.2. The van der Waals surface area contributed by atoms with E-state index in [1.807, 2.05) is 40.8 Å². The third kappa shape index (κ3) is 5.19.